The van der Waals surface area contributed by atoms with Crippen molar-refractivity contribution in [3.05, 3.63) is 70.4 Å². The number of amides is 1. The van der Waals surface area contributed by atoms with E-state index in [-0.39, 0.29) is 5.91 Å². The van der Waals surface area contributed by atoms with Gasteiger partial charge in [0.05, 0.1) is 10.6 Å². The van der Waals surface area contributed by atoms with E-state index in [9.17, 15) is 4.79 Å². The van der Waals surface area contributed by atoms with Gasteiger partial charge in [0.15, 0.2) is 5.96 Å². The largest absolute Gasteiger partial charge is 0.459 e. The molecule has 0 unspecified atom stereocenters. The highest BCUT2D eigenvalue weighted by Gasteiger charge is 2.10. The standard InChI is InChI=1S/C22H25ClN4O2/c1-3-24-22(26-13-12-25-21(28)17-9-4-6-10-18(17)23)27-14-20-15(2)16-8-5-7-11-19(16)29-20/h4-11H,3,12-14H2,1-2H3,(H,25,28)(H2,24,26,27). The second-order valence-electron chi connectivity index (χ2n) is 6.50. The van der Waals surface area contributed by atoms with Gasteiger partial charge in [-0.2, -0.15) is 0 Å². The van der Waals surface area contributed by atoms with Crippen LogP contribution in [0.4, 0.5) is 0 Å². The van der Waals surface area contributed by atoms with Crippen LogP contribution in [0.3, 0.4) is 0 Å². The minimum Gasteiger partial charge on any atom is -0.459 e. The van der Waals surface area contributed by atoms with E-state index < -0.39 is 0 Å². The van der Waals surface area contributed by atoms with Gasteiger partial charge in [-0.05, 0) is 32.0 Å². The van der Waals surface area contributed by atoms with Crippen molar-refractivity contribution in [1.82, 2.24) is 16.0 Å². The maximum atomic E-state index is 12.2. The summed E-state index contributed by atoms with van der Waals surface area (Å²) in [5, 5.41) is 10.8. The number of nitrogens with one attached hydrogen (secondary N) is 3. The van der Waals surface area contributed by atoms with Gasteiger partial charge in [-0.1, -0.05) is 41.9 Å². The Bertz CT molecular complexity index is 1010. The number of carbonyl (C=O) groups excluding carboxylic acids is 1. The lowest BCUT2D eigenvalue weighted by Gasteiger charge is -2.12. The average Bonchev–Trinajstić information content (AvgIpc) is 3.05. The van der Waals surface area contributed by atoms with Crippen LogP contribution in [0, 0.1) is 6.92 Å². The molecule has 7 heteroatoms. The first-order valence-electron chi connectivity index (χ1n) is 9.62. The van der Waals surface area contributed by atoms with Crippen molar-refractivity contribution >= 4 is 34.4 Å². The van der Waals surface area contributed by atoms with Crippen LogP contribution in [0.15, 0.2) is 57.9 Å². The highest BCUT2D eigenvalue weighted by Crippen LogP contribution is 2.25. The molecule has 0 bridgehead atoms. The van der Waals surface area contributed by atoms with Crippen LogP contribution in [-0.2, 0) is 6.54 Å². The van der Waals surface area contributed by atoms with Crippen molar-refractivity contribution in [3.63, 3.8) is 0 Å². The SMILES string of the molecule is CCNC(=NCc1oc2ccccc2c1C)NCCNC(=O)c1ccccc1Cl. The van der Waals surface area contributed by atoms with Gasteiger partial charge in [-0.3, -0.25) is 4.79 Å². The average molecular weight is 413 g/mol. The summed E-state index contributed by atoms with van der Waals surface area (Å²) in [6, 6.07) is 14.9. The molecule has 1 heterocycles. The highest BCUT2D eigenvalue weighted by molar-refractivity contribution is 6.33. The van der Waals surface area contributed by atoms with E-state index in [4.69, 9.17) is 16.0 Å². The summed E-state index contributed by atoms with van der Waals surface area (Å²) in [4.78, 5) is 16.8. The fraction of sp³-hybridized carbons (Fsp3) is 0.273. The van der Waals surface area contributed by atoms with E-state index in [0.29, 0.717) is 36.2 Å². The van der Waals surface area contributed by atoms with E-state index in [1.807, 2.05) is 38.1 Å². The summed E-state index contributed by atoms with van der Waals surface area (Å²) in [5.41, 5.74) is 2.44. The first kappa shape index (κ1) is 20.7. The Balaban J connectivity index is 1.55. The predicted octanol–water partition coefficient (Wildman–Crippen LogP) is 3.88. The maximum absolute atomic E-state index is 12.2. The molecule has 0 saturated carbocycles. The molecule has 3 aromatic rings. The van der Waals surface area contributed by atoms with Crippen molar-refractivity contribution in [2.24, 2.45) is 4.99 Å². The van der Waals surface area contributed by atoms with E-state index in [2.05, 4.69) is 20.9 Å². The number of hydrogen-bond donors (Lipinski definition) is 3. The molecule has 0 aliphatic carbocycles. The first-order chi connectivity index (χ1) is 14.1. The summed E-state index contributed by atoms with van der Waals surface area (Å²) in [6.45, 7) is 6.18. The van der Waals surface area contributed by atoms with Crippen molar-refractivity contribution in [2.75, 3.05) is 19.6 Å². The van der Waals surface area contributed by atoms with Crippen molar-refractivity contribution in [1.29, 1.82) is 0 Å². The number of rotatable bonds is 7. The zero-order valence-corrected chi connectivity index (χ0v) is 17.3. The molecular formula is C22H25ClN4O2. The summed E-state index contributed by atoms with van der Waals surface area (Å²) in [5.74, 6) is 1.31. The molecule has 0 atom stereocenters. The molecule has 3 rings (SSSR count). The van der Waals surface area contributed by atoms with Crippen molar-refractivity contribution in [2.45, 2.75) is 20.4 Å². The van der Waals surface area contributed by atoms with Gasteiger partial charge in [0, 0.05) is 30.6 Å². The lowest BCUT2D eigenvalue weighted by molar-refractivity contribution is 0.0954. The summed E-state index contributed by atoms with van der Waals surface area (Å²) >= 11 is 6.05. The Morgan fingerprint density at radius 2 is 1.76 bits per heavy atom. The van der Waals surface area contributed by atoms with Crippen LogP contribution in [-0.4, -0.2) is 31.5 Å². The third-order valence-electron chi connectivity index (χ3n) is 4.49. The molecular weight excluding hydrogens is 388 g/mol. The smallest absolute Gasteiger partial charge is 0.252 e. The number of hydrogen-bond acceptors (Lipinski definition) is 3. The number of aryl methyl sites for hydroxylation is 1. The zero-order valence-electron chi connectivity index (χ0n) is 16.6. The molecule has 0 fully saturated rings. The highest BCUT2D eigenvalue weighted by atomic mass is 35.5. The Morgan fingerprint density at radius 1 is 1.03 bits per heavy atom. The normalized spacial score (nSPS) is 11.5. The van der Waals surface area contributed by atoms with Crippen molar-refractivity contribution < 1.29 is 9.21 Å². The molecule has 6 nitrogen and oxygen atoms in total. The topological polar surface area (TPSA) is 78.7 Å². The number of para-hydroxylation sites is 1. The van der Waals surface area contributed by atoms with E-state index in [0.717, 1.165) is 28.8 Å². The second kappa shape index (κ2) is 9.98. The Hall–Kier alpha value is -2.99. The third-order valence-corrected chi connectivity index (χ3v) is 4.82. The van der Waals surface area contributed by atoms with Gasteiger partial charge in [-0.25, -0.2) is 4.99 Å². The summed E-state index contributed by atoms with van der Waals surface area (Å²) in [7, 11) is 0. The zero-order chi connectivity index (χ0) is 20.6. The van der Waals surface area contributed by atoms with Crippen LogP contribution >= 0.6 is 11.6 Å². The molecule has 1 aromatic heterocycles. The lowest BCUT2D eigenvalue weighted by atomic mass is 10.1. The molecule has 3 N–H and O–H groups in total. The van der Waals surface area contributed by atoms with Gasteiger partial charge in [-0.15, -0.1) is 0 Å². The number of carbonyl (C=O) groups is 1. The molecule has 0 spiro atoms. The predicted molar refractivity (Wildman–Crippen MR) is 118 cm³/mol. The molecule has 0 saturated heterocycles. The number of furan rings is 1. The second-order valence-corrected chi connectivity index (χ2v) is 6.91. The molecule has 0 aliphatic heterocycles. The minimum absolute atomic E-state index is 0.197. The fourth-order valence-corrected chi connectivity index (χ4v) is 3.19. The molecule has 1 amide bonds. The molecule has 0 aliphatic rings. The number of halogens is 1. The third kappa shape index (κ3) is 5.29. The van der Waals surface area contributed by atoms with Gasteiger partial charge in [0.2, 0.25) is 0 Å². The fourth-order valence-electron chi connectivity index (χ4n) is 2.97. The van der Waals surface area contributed by atoms with Crippen LogP contribution < -0.4 is 16.0 Å². The number of benzene rings is 2. The minimum atomic E-state index is -0.197. The van der Waals surface area contributed by atoms with Gasteiger partial charge < -0.3 is 20.4 Å². The van der Waals surface area contributed by atoms with E-state index in [1.54, 1.807) is 24.3 Å². The van der Waals surface area contributed by atoms with Crippen LogP contribution in [0.1, 0.15) is 28.6 Å². The number of fused-ring (bicyclic) bond motifs is 1. The maximum Gasteiger partial charge on any atom is 0.252 e. The van der Waals surface area contributed by atoms with Crippen LogP contribution in [0.5, 0.6) is 0 Å². The molecule has 152 valence electrons. The number of guanidine groups is 1. The number of nitrogens with zero attached hydrogens (tertiary/aromatic N) is 1. The van der Waals surface area contributed by atoms with Crippen LogP contribution in [0.25, 0.3) is 11.0 Å². The van der Waals surface area contributed by atoms with Gasteiger partial charge >= 0.3 is 0 Å². The molecule has 0 radical (unpaired) electrons. The molecule has 2 aromatic carbocycles. The van der Waals surface area contributed by atoms with Crippen LogP contribution in [0.2, 0.25) is 5.02 Å². The monoisotopic (exact) mass is 412 g/mol. The quantitative estimate of drug-likeness (QED) is 0.312. The molecule has 29 heavy (non-hydrogen) atoms. The van der Waals surface area contributed by atoms with Crippen molar-refractivity contribution in [3.8, 4) is 0 Å². The van der Waals surface area contributed by atoms with Gasteiger partial charge in [0.1, 0.15) is 17.9 Å². The Morgan fingerprint density at radius 3 is 2.52 bits per heavy atom. The Kier molecular flexibility index (Phi) is 7.14. The lowest BCUT2D eigenvalue weighted by Crippen LogP contribution is -2.41. The van der Waals surface area contributed by atoms with E-state index in [1.165, 1.54) is 0 Å². The number of aliphatic imine (C=N–C) groups is 1. The van der Waals surface area contributed by atoms with E-state index >= 15 is 0 Å². The summed E-state index contributed by atoms with van der Waals surface area (Å²) < 4.78 is 5.91. The Labute approximate surface area is 175 Å². The first-order valence-corrected chi connectivity index (χ1v) is 10.00. The summed E-state index contributed by atoms with van der Waals surface area (Å²) in [6.07, 6.45) is 0. The van der Waals surface area contributed by atoms with Gasteiger partial charge in [0.25, 0.3) is 5.91 Å².